The van der Waals surface area contributed by atoms with Crippen LogP contribution in [0.1, 0.15) is 26.3 Å². The van der Waals surface area contributed by atoms with Crippen LogP contribution in [0.4, 0.5) is 22.0 Å². The van der Waals surface area contributed by atoms with Crippen molar-refractivity contribution < 1.29 is 49.1 Å². The smallest absolute Gasteiger partial charge is 0.432 e. The maximum Gasteiger partial charge on any atom is 0.432 e. The first kappa shape index (κ1) is 31.2. The molecule has 0 saturated carbocycles. The minimum absolute atomic E-state index is 0.140. The molecule has 0 bridgehead atoms. The average molecular weight is 619 g/mol. The Morgan fingerprint density at radius 3 is 1.90 bits per heavy atom. The van der Waals surface area contributed by atoms with E-state index in [-0.39, 0.29) is 5.41 Å². The quantitative estimate of drug-likeness (QED) is 0.163. The van der Waals surface area contributed by atoms with E-state index in [0.29, 0.717) is 18.1 Å². The summed E-state index contributed by atoms with van der Waals surface area (Å²) in [6, 6.07) is 21.2. The summed E-state index contributed by atoms with van der Waals surface area (Å²) >= 11 is 0. The van der Waals surface area contributed by atoms with Crippen LogP contribution in [-0.2, 0) is 36.3 Å². The lowest BCUT2D eigenvalue weighted by molar-refractivity contribution is -0.298. The van der Waals surface area contributed by atoms with Gasteiger partial charge in [-0.1, -0.05) is 38.1 Å². The second-order valence-electron chi connectivity index (χ2n) is 10.4. The van der Waals surface area contributed by atoms with Gasteiger partial charge in [0.1, 0.15) is 5.75 Å². The monoisotopic (exact) mass is 618 g/mol. The summed E-state index contributed by atoms with van der Waals surface area (Å²) in [5, 5.41) is -5.76. The molecule has 0 aliphatic carbocycles. The fourth-order valence-corrected chi connectivity index (χ4v) is 6.59. The molecule has 3 aromatic rings. The lowest BCUT2D eigenvalue weighted by Crippen LogP contribution is -2.53. The number of halogens is 5. The van der Waals surface area contributed by atoms with E-state index in [9.17, 15) is 34.9 Å². The van der Waals surface area contributed by atoms with Crippen LogP contribution < -0.4 is 4.74 Å². The average Bonchev–Trinajstić information content (AvgIpc) is 2.89. The van der Waals surface area contributed by atoms with Gasteiger partial charge in [-0.15, -0.1) is 0 Å². The van der Waals surface area contributed by atoms with Crippen molar-refractivity contribution >= 4 is 21.0 Å². The largest absolute Gasteiger partial charge is 0.743 e. The highest BCUT2D eigenvalue weighted by atomic mass is 32.2. The molecule has 1 heterocycles. The van der Waals surface area contributed by atoms with Crippen molar-refractivity contribution in [3.63, 3.8) is 0 Å². The zero-order valence-electron chi connectivity index (χ0n) is 22.2. The van der Waals surface area contributed by atoms with Crippen molar-refractivity contribution in [3.8, 4) is 5.75 Å². The zero-order valence-corrected chi connectivity index (χ0v) is 23.8. The molecule has 0 N–H and O–H groups in total. The van der Waals surface area contributed by atoms with Crippen molar-refractivity contribution in [2.75, 3.05) is 13.2 Å². The first-order valence-corrected chi connectivity index (χ1v) is 14.9. The molecule has 222 valence electrons. The van der Waals surface area contributed by atoms with Gasteiger partial charge in [0.25, 0.3) is 6.10 Å². The molecule has 4 rings (SSSR count). The minimum atomic E-state index is -6.69. The number of alkyl halides is 5. The molecule has 41 heavy (non-hydrogen) atoms. The summed E-state index contributed by atoms with van der Waals surface area (Å²) in [4.78, 5) is 1.89. The Bertz CT molecular complexity index is 1450. The highest BCUT2D eigenvalue weighted by Crippen LogP contribution is 2.41. The van der Waals surface area contributed by atoms with Crippen molar-refractivity contribution in [2.24, 2.45) is 5.41 Å². The van der Waals surface area contributed by atoms with E-state index in [4.69, 9.17) is 9.47 Å². The van der Waals surface area contributed by atoms with E-state index >= 15 is 0 Å². The van der Waals surface area contributed by atoms with Gasteiger partial charge >= 0.3 is 11.4 Å². The standard InChI is InChI=1S/C28H27F5O6S2/c1-25(2)17-37-26(3,38-18-25)19-12-14-22(15-13-19)40(21-9-5-4-6-10-21)23-11-7-8-20(16-23)39-24(27(29,30)31)28(32,33)41(34,35)36/h4-16,24H,17-18H2,1-3H3. The highest BCUT2D eigenvalue weighted by Gasteiger charge is 2.62. The highest BCUT2D eigenvalue weighted by molar-refractivity contribution is 7.97. The van der Waals surface area contributed by atoms with Gasteiger partial charge in [-0.05, 0) is 55.5 Å². The second kappa shape index (κ2) is 11.2. The number of hydrogen-bond donors (Lipinski definition) is 0. The Morgan fingerprint density at radius 2 is 1.37 bits per heavy atom. The molecule has 1 aliphatic rings. The van der Waals surface area contributed by atoms with E-state index in [1.807, 2.05) is 45.0 Å². The Morgan fingerprint density at radius 1 is 0.829 bits per heavy atom. The van der Waals surface area contributed by atoms with Crippen molar-refractivity contribution in [3.05, 3.63) is 84.4 Å². The summed E-state index contributed by atoms with van der Waals surface area (Å²) in [6.07, 6.45) is -10.1. The zero-order chi connectivity index (χ0) is 30.3. The van der Waals surface area contributed by atoms with Gasteiger partial charge in [-0.25, -0.2) is 8.42 Å². The maximum atomic E-state index is 14.1. The fraction of sp³-hybridized carbons (Fsp3) is 0.357. The molecule has 6 nitrogen and oxygen atoms in total. The van der Waals surface area contributed by atoms with Crippen LogP contribution in [0.3, 0.4) is 0 Å². The summed E-state index contributed by atoms with van der Waals surface area (Å²) in [5.74, 6) is -1.66. The Kier molecular flexibility index (Phi) is 8.51. The van der Waals surface area contributed by atoms with Crippen molar-refractivity contribution in [1.29, 1.82) is 0 Å². The Labute approximate surface area is 237 Å². The normalized spacial score (nSPS) is 18.9. The summed E-state index contributed by atoms with van der Waals surface area (Å²) in [6.45, 7) is 6.83. The second-order valence-corrected chi connectivity index (χ2v) is 13.8. The van der Waals surface area contributed by atoms with Gasteiger partial charge in [-0.3, -0.25) is 0 Å². The SMILES string of the molecule is CC1(C)COC(C)(c2ccc([S+](c3ccccc3)c3cccc(OC(C(F)(F)F)C(F)(F)S(=O)(=O)[O-])c3)cc2)OC1. The molecule has 0 amide bonds. The molecular formula is C28H27F5O6S2. The summed E-state index contributed by atoms with van der Waals surface area (Å²) < 4.78 is 118. The summed E-state index contributed by atoms with van der Waals surface area (Å²) in [5.41, 5.74) is 0.610. The minimum Gasteiger partial charge on any atom is -0.743 e. The van der Waals surface area contributed by atoms with Crippen LogP contribution in [0.15, 0.2) is 93.5 Å². The van der Waals surface area contributed by atoms with Crippen LogP contribution in [0, 0.1) is 5.41 Å². The molecule has 2 atom stereocenters. The van der Waals surface area contributed by atoms with E-state index in [0.717, 1.165) is 27.5 Å². The number of rotatable bonds is 8. The molecular weight excluding hydrogens is 591 g/mol. The lowest BCUT2D eigenvalue weighted by atomic mass is 9.94. The van der Waals surface area contributed by atoms with Crippen molar-refractivity contribution in [2.45, 2.75) is 58.8 Å². The van der Waals surface area contributed by atoms with Crippen LogP contribution in [0.5, 0.6) is 5.75 Å². The van der Waals surface area contributed by atoms with Crippen LogP contribution in [0.25, 0.3) is 0 Å². The molecule has 0 spiro atoms. The fourth-order valence-electron chi connectivity index (χ4n) is 4.04. The maximum absolute atomic E-state index is 14.1. The Hall–Kier alpha value is -2.71. The topological polar surface area (TPSA) is 84.9 Å². The first-order valence-electron chi connectivity index (χ1n) is 12.3. The third-order valence-corrected chi connectivity index (χ3v) is 9.39. The molecule has 0 radical (unpaired) electrons. The van der Waals surface area contributed by atoms with Gasteiger partial charge in [0.05, 0.1) is 24.1 Å². The summed E-state index contributed by atoms with van der Waals surface area (Å²) in [7, 11) is -7.64. The molecule has 1 saturated heterocycles. The van der Waals surface area contributed by atoms with Gasteiger partial charge in [0.2, 0.25) is 0 Å². The molecule has 1 aliphatic heterocycles. The van der Waals surface area contributed by atoms with E-state index in [1.165, 1.54) is 6.07 Å². The predicted octanol–water partition coefficient (Wildman–Crippen LogP) is 6.48. The van der Waals surface area contributed by atoms with Gasteiger partial charge in [0.15, 0.2) is 30.6 Å². The third kappa shape index (κ3) is 6.86. The van der Waals surface area contributed by atoms with Crippen molar-refractivity contribution in [1.82, 2.24) is 0 Å². The Balaban J connectivity index is 1.71. The van der Waals surface area contributed by atoms with E-state index in [2.05, 4.69) is 4.74 Å². The molecule has 0 aromatic heterocycles. The van der Waals surface area contributed by atoms with Crippen LogP contribution >= 0.6 is 0 Å². The third-order valence-electron chi connectivity index (χ3n) is 6.30. The van der Waals surface area contributed by atoms with Gasteiger partial charge in [0, 0.05) is 17.0 Å². The molecule has 2 unspecified atom stereocenters. The van der Waals surface area contributed by atoms with Crippen LogP contribution in [-0.4, -0.2) is 43.7 Å². The van der Waals surface area contributed by atoms with Gasteiger partial charge in [-0.2, -0.15) is 22.0 Å². The van der Waals surface area contributed by atoms with E-state index in [1.54, 1.807) is 36.4 Å². The number of benzene rings is 3. The number of hydrogen-bond acceptors (Lipinski definition) is 6. The molecule has 13 heteroatoms. The van der Waals surface area contributed by atoms with E-state index < -0.39 is 50.1 Å². The number of ether oxygens (including phenoxy) is 3. The molecule has 3 aromatic carbocycles. The molecule has 1 fully saturated rings. The van der Waals surface area contributed by atoms with Crippen LogP contribution in [0.2, 0.25) is 0 Å². The van der Waals surface area contributed by atoms with Gasteiger partial charge < -0.3 is 18.8 Å². The lowest BCUT2D eigenvalue weighted by Gasteiger charge is -2.41. The first-order chi connectivity index (χ1) is 18.9. The predicted molar refractivity (Wildman–Crippen MR) is 140 cm³/mol.